The number of nitrogens with one attached hydrogen (secondary N) is 2. The van der Waals surface area contributed by atoms with E-state index in [1.807, 2.05) is 26.0 Å². The minimum atomic E-state index is -0.540. The zero-order valence-electron chi connectivity index (χ0n) is 17.1. The summed E-state index contributed by atoms with van der Waals surface area (Å²) in [6.07, 6.45) is 2.37. The first kappa shape index (κ1) is 20.9. The van der Waals surface area contributed by atoms with Crippen molar-refractivity contribution in [1.82, 2.24) is 0 Å². The number of ether oxygens (including phenoxy) is 2. The molecule has 0 radical (unpaired) electrons. The highest BCUT2D eigenvalue weighted by atomic mass is 16.5. The molecule has 2 amide bonds. The van der Waals surface area contributed by atoms with Crippen molar-refractivity contribution in [1.29, 1.82) is 5.26 Å². The van der Waals surface area contributed by atoms with Gasteiger partial charge in [-0.3, -0.25) is 9.59 Å². The lowest BCUT2D eigenvalue weighted by Crippen LogP contribution is -2.13. The largest absolute Gasteiger partial charge is 0.493 e. The first-order valence-electron chi connectivity index (χ1n) is 9.66. The third kappa shape index (κ3) is 4.97. The van der Waals surface area contributed by atoms with E-state index in [0.29, 0.717) is 29.3 Å². The molecular formula is C23H23N3O4. The van der Waals surface area contributed by atoms with Gasteiger partial charge in [0.15, 0.2) is 0 Å². The molecule has 7 nitrogen and oxygen atoms in total. The first-order valence-corrected chi connectivity index (χ1v) is 9.66. The van der Waals surface area contributed by atoms with E-state index in [2.05, 4.69) is 10.6 Å². The van der Waals surface area contributed by atoms with Gasteiger partial charge in [0.1, 0.15) is 29.2 Å². The molecule has 1 atom stereocenters. The van der Waals surface area contributed by atoms with Crippen molar-refractivity contribution in [2.45, 2.75) is 33.3 Å². The van der Waals surface area contributed by atoms with Gasteiger partial charge in [0.2, 0.25) is 5.91 Å². The Balaban J connectivity index is 1.83. The van der Waals surface area contributed by atoms with Crippen LogP contribution in [0.3, 0.4) is 0 Å². The van der Waals surface area contributed by atoms with Crippen LogP contribution in [0.5, 0.6) is 11.5 Å². The van der Waals surface area contributed by atoms with E-state index in [9.17, 15) is 14.9 Å². The Labute approximate surface area is 175 Å². The summed E-state index contributed by atoms with van der Waals surface area (Å²) in [5.41, 5.74) is 2.72. The van der Waals surface area contributed by atoms with E-state index in [1.165, 1.54) is 13.0 Å². The van der Waals surface area contributed by atoms with Crippen LogP contribution in [-0.4, -0.2) is 24.5 Å². The Morgan fingerprint density at radius 3 is 2.50 bits per heavy atom. The molecule has 0 unspecified atom stereocenters. The minimum absolute atomic E-state index is 0.0621. The summed E-state index contributed by atoms with van der Waals surface area (Å²) < 4.78 is 11.5. The van der Waals surface area contributed by atoms with Crippen LogP contribution in [0.2, 0.25) is 0 Å². The van der Waals surface area contributed by atoms with Crippen LogP contribution in [0.25, 0.3) is 6.08 Å². The number of nitrogens with zero attached hydrogens (tertiary/aromatic N) is 1. The van der Waals surface area contributed by atoms with E-state index < -0.39 is 5.91 Å². The topological polar surface area (TPSA) is 100 Å². The van der Waals surface area contributed by atoms with Gasteiger partial charge in [-0.1, -0.05) is 0 Å². The summed E-state index contributed by atoms with van der Waals surface area (Å²) in [4.78, 5) is 23.7. The highest BCUT2D eigenvalue weighted by molar-refractivity contribution is 6.10. The SMILES string of the molecule is CCOc1cc2c(cc1/C=C(\C#N)C(=O)Nc1ccc(NC(C)=O)cc1)O[C@@H](C)C2. The molecule has 1 aliphatic heterocycles. The van der Waals surface area contributed by atoms with Gasteiger partial charge >= 0.3 is 0 Å². The Morgan fingerprint density at radius 2 is 1.90 bits per heavy atom. The number of hydrogen-bond acceptors (Lipinski definition) is 5. The molecule has 0 saturated heterocycles. The molecule has 0 spiro atoms. The summed E-state index contributed by atoms with van der Waals surface area (Å²) in [7, 11) is 0. The predicted molar refractivity (Wildman–Crippen MR) is 114 cm³/mol. The molecule has 7 heteroatoms. The van der Waals surface area contributed by atoms with Gasteiger partial charge in [0.25, 0.3) is 5.91 Å². The molecular weight excluding hydrogens is 382 g/mol. The number of anilines is 2. The molecule has 2 aromatic carbocycles. The van der Waals surface area contributed by atoms with Crippen molar-refractivity contribution in [2.24, 2.45) is 0 Å². The number of carbonyl (C=O) groups is 2. The van der Waals surface area contributed by atoms with Crippen molar-refractivity contribution in [3.63, 3.8) is 0 Å². The van der Waals surface area contributed by atoms with Crippen LogP contribution in [0.15, 0.2) is 42.0 Å². The van der Waals surface area contributed by atoms with Crippen LogP contribution in [0, 0.1) is 11.3 Å². The van der Waals surface area contributed by atoms with Gasteiger partial charge in [0, 0.05) is 35.8 Å². The van der Waals surface area contributed by atoms with E-state index in [0.717, 1.165) is 17.7 Å². The fraction of sp³-hybridized carbons (Fsp3) is 0.261. The third-order valence-electron chi connectivity index (χ3n) is 4.46. The first-order chi connectivity index (χ1) is 14.4. The van der Waals surface area contributed by atoms with Gasteiger partial charge in [-0.2, -0.15) is 5.26 Å². The van der Waals surface area contributed by atoms with Crippen LogP contribution < -0.4 is 20.1 Å². The summed E-state index contributed by atoms with van der Waals surface area (Å²) in [6.45, 7) is 5.75. The Kier molecular flexibility index (Phi) is 6.38. The quantitative estimate of drug-likeness (QED) is 0.561. The Morgan fingerprint density at radius 1 is 1.23 bits per heavy atom. The van der Waals surface area contributed by atoms with E-state index in [-0.39, 0.29) is 17.6 Å². The maximum Gasteiger partial charge on any atom is 0.266 e. The number of amides is 2. The number of rotatable bonds is 6. The standard InChI is InChI=1S/C23H23N3O4/c1-4-29-21-11-16-9-14(2)30-22(16)12-17(21)10-18(13-24)23(28)26-20-7-5-19(6-8-20)25-15(3)27/h5-8,10-12,14H,4,9H2,1-3H3,(H,25,27)(H,26,28)/b18-10+/t14-/m0/s1. The van der Waals surface area contributed by atoms with Crippen LogP contribution in [0.4, 0.5) is 11.4 Å². The van der Waals surface area contributed by atoms with Crippen molar-refractivity contribution in [2.75, 3.05) is 17.2 Å². The van der Waals surface area contributed by atoms with Crippen molar-refractivity contribution >= 4 is 29.3 Å². The summed E-state index contributed by atoms with van der Waals surface area (Å²) in [5.74, 6) is 0.624. The van der Waals surface area contributed by atoms with Gasteiger partial charge in [-0.05, 0) is 56.3 Å². The van der Waals surface area contributed by atoms with Gasteiger partial charge in [-0.25, -0.2) is 0 Å². The Hall–Kier alpha value is -3.79. The second-order valence-corrected chi connectivity index (χ2v) is 6.95. The van der Waals surface area contributed by atoms with Crippen LogP contribution >= 0.6 is 0 Å². The zero-order valence-corrected chi connectivity index (χ0v) is 17.1. The highest BCUT2D eigenvalue weighted by Gasteiger charge is 2.22. The fourth-order valence-corrected chi connectivity index (χ4v) is 3.19. The molecule has 30 heavy (non-hydrogen) atoms. The highest BCUT2D eigenvalue weighted by Crippen LogP contribution is 2.36. The fourth-order valence-electron chi connectivity index (χ4n) is 3.19. The maximum absolute atomic E-state index is 12.6. The number of fused-ring (bicyclic) bond motifs is 1. The molecule has 2 N–H and O–H groups in total. The molecule has 0 aromatic heterocycles. The lowest BCUT2D eigenvalue weighted by molar-refractivity contribution is -0.114. The molecule has 3 rings (SSSR count). The lowest BCUT2D eigenvalue weighted by Gasteiger charge is -2.11. The average Bonchev–Trinajstić information content (AvgIpc) is 3.06. The molecule has 2 aromatic rings. The second kappa shape index (κ2) is 9.14. The molecule has 1 heterocycles. The number of nitriles is 1. The van der Waals surface area contributed by atoms with Gasteiger partial charge in [0.05, 0.1) is 6.61 Å². The molecule has 154 valence electrons. The van der Waals surface area contributed by atoms with E-state index in [4.69, 9.17) is 9.47 Å². The summed E-state index contributed by atoms with van der Waals surface area (Å²) in [5, 5.41) is 14.9. The minimum Gasteiger partial charge on any atom is -0.493 e. The second-order valence-electron chi connectivity index (χ2n) is 6.95. The predicted octanol–water partition coefficient (Wildman–Crippen LogP) is 3.91. The van der Waals surface area contributed by atoms with Gasteiger partial charge < -0.3 is 20.1 Å². The smallest absolute Gasteiger partial charge is 0.266 e. The normalized spacial score (nSPS) is 14.9. The lowest BCUT2D eigenvalue weighted by atomic mass is 10.0. The third-order valence-corrected chi connectivity index (χ3v) is 4.46. The number of carbonyl (C=O) groups excluding carboxylic acids is 2. The van der Waals surface area contributed by atoms with Gasteiger partial charge in [-0.15, -0.1) is 0 Å². The molecule has 0 bridgehead atoms. The molecule has 1 aliphatic rings. The van der Waals surface area contributed by atoms with Crippen molar-refractivity contribution < 1.29 is 19.1 Å². The van der Waals surface area contributed by atoms with E-state index >= 15 is 0 Å². The monoisotopic (exact) mass is 405 g/mol. The zero-order chi connectivity index (χ0) is 21.7. The van der Waals surface area contributed by atoms with Crippen LogP contribution in [0.1, 0.15) is 31.9 Å². The van der Waals surface area contributed by atoms with E-state index in [1.54, 1.807) is 30.3 Å². The van der Waals surface area contributed by atoms with Crippen LogP contribution in [-0.2, 0) is 16.0 Å². The summed E-state index contributed by atoms with van der Waals surface area (Å²) >= 11 is 0. The molecule has 0 fully saturated rings. The molecule has 0 saturated carbocycles. The van der Waals surface area contributed by atoms with Crippen molar-refractivity contribution in [3.05, 3.63) is 53.1 Å². The summed E-state index contributed by atoms with van der Waals surface area (Å²) in [6, 6.07) is 12.3. The maximum atomic E-state index is 12.6. The molecule has 0 aliphatic carbocycles. The average molecular weight is 405 g/mol. The van der Waals surface area contributed by atoms with Crippen molar-refractivity contribution in [3.8, 4) is 17.6 Å². The number of benzene rings is 2. The number of hydrogen-bond donors (Lipinski definition) is 2. The Bertz CT molecular complexity index is 1040.